The quantitative estimate of drug-likeness (QED) is 0.599. The molecule has 0 radical (unpaired) electrons. The molecule has 6 nitrogen and oxygen atoms in total. The Labute approximate surface area is 137 Å². The molecule has 2 aliphatic rings. The Morgan fingerprint density at radius 3 is 1.79 bits per heavy atom. The van der Waals surface area contributed by atoms with Gasteiger partial charge in [-0.2, -0.15) is 13.2 Å². The van der Waals surface area contributed by atoms with Crippen molar-refractivity contribution in [1.82, 2.24) is 10.9 Å². The fourth-order valence-corrected chi connectivity index (χ4v) is 3.18. The van der Waals surface area contributed by atoms with E-state index in [1.165, 1.54) is 7.11 Å². The van der Waals surface area contributed by atoms with Crippen LogP contribution >= 0.6 is 0 Å². The molecule has 0 unspecified atom stereocenters. The second kappa shape index (κ2) is 7.40. The Morgan fingerprint density at radius 1 is 0.875 bits per heavy atom. The molecule has 0 saturated heterocycles. The molecule has 0 heterocycles. The highest BCUT2D eigenvalue weighted by molar-refractivity contribution is 5.85. The van der Waals surface area contributed by atoms with E-state index in [0.717, 1.165) is 0 Å². The lowest BCUT2D eigenvalue weighted by molar-refractivity contribution is -0.204. The van der Waals surface area contributed by atoms with Crippen molar-refractivity contribution in [1.29, 1.82) is 0 Å². The lowest BCUT2D eigenvalue weighted by Gasteiger charge is -2.35. The number of esters is 1. The maximum absolute atomic E-state index is 12.4. The van der Waals surface area contributed by atoms with Crippen LogP contribution in [0.25, 0.3) is 0 Å². The normalized spacial score (nSPS) is 30.0. The van der Waals surface area contributed by atoms with Gasteiger partial charge in [-0.1, -0.05) is 0 Å². The van der Waals surface area contributed by atoms with Gasteiger partial charge in [0.2, 0.25) is 11.8 Å². The van der Waals surface area contributed by atoms with Crippen LogP contribution in [0.5, 0.6) is 0 Å². The molecule has 2 amide bonds. The van der Waals surface area contributed by atoms with Crippen molar-refractivity contribution in [2.45, 2.75) is 44.7 Å². The minimum absolute atomic E-state index is 0.206. The van der Waals surface area contributed by atoms with Crippen molar-refractivity contribution in [2.75, 3.05) is 7.11 Å². The molecule has 9 heteroatoms. The summed E-state index contributed by atoms with van der Waals surface area (Å²) in [6.07, 6.45) is -2.67. The third-order valence-corrected chi connectivity index (χ3v) is 4.91. The number of alkyl halides is 3. The van der Waals surface area contributed by atoms with Gasteiger partial charge in [0, 0.05) is 11.8 Å². The molecule has 0 aliphatic heterocycles. The van der Waals surface area contributed by atoms with Crippen molar-refractivity contribution in [3.8, 4) is 0 Å². The van der Waals surface area contributed by atoms with Gasteiger partial charge in [-0.15, -0.1) is 0 Å². The molecule has 136 valence electrons. The number of hydrazine groups is 1. The van der Waals surface area contributed by atoms with Crippen LogP contribution in [-0.4, -0.2) is 31.1 Å². The summed E-state index contributed by atoms with van der Waals surface area (Å²) in [5.74, 6) is -3.93. The first kappa shape index (κ1) is 18.5. The van der Waals surface area contributed by atoms with E-state index in [4.69, 9.17) is 0 Å². The third-order valence-electron chi connectivity index (χ3n) is 4.91. The Balaban J connectivity index is 1.67. The first-order valence-electron chi connectivity index (χ1n) is 7.96. The second-order valence-corrected chi connectivity index (χ2v) is 6.46. The van der Waals surface area contributed by atoms with Crippen molar-refractivity contribution in [2.24, 2.45) is 23.7 Å². The number of hydrogen-bond donors (Lipinski definition) is 2. The van der Waals surface area contributed by atoms with Gasteiger partial charge in [-0.05, 0) is 38.5 Å². The Bertz CT molecular complexity index is 495. The lowest BCUT2D eigenvalue weighted by atomic mass is 9.74. The first-order valence-corrected chi connectivity index (χ1v) is 7.96. The predicted molar refractivity (Wildman–Crippen MR) is 76.0 cm³/mol. The predicted octanol–water partition coefficient (Wildman–Crippen LogP) is 1.70. The highest BCUT2D eigenvalue weighted by Gasteiger charge is 2.50. The first-order chi connectivity index (χ1) is 11.2. The molecule has 2 fully saturated rings. The molecule has 24 heavy (non-hydrogen) atoms. The lowest BCUT2D eigenvalue weighted by Crippen LogP contribution is -2.51. The summed E-state index contributed by atoms with van der Waals surface area (Å²) in [7, 11) is 1.32. The number of carbonyl (C=O) groups excluding carboxylic acids is 3. The fourth-order valence-electron chi connectivity index (χ4n) is 3.18. The molecule has 2 N–H and O–H groups in total. The van der Waals surface area contributed by atoms with Gasteiger partial charge in [-0.25, -0.2) is 0 Å². The number of hydrogen-bond acceptors (Lipinski definition) is 4. The van der Waals surface area contributed by atoms with Crippen molar-refractivity contribution < 1.29 is 32.3 Å². The maximum atomic E-state index is 12.4. The molecule has 2 aliphatic carbocycles. The fraction of sp³-hybridized carbons (Fsp3) is 0.800. The van der Waals surface area contributed by atoms with Crippen LogP contribution in [-0.2, 0) is 19.1 Å². The Morgan fingerprint density at radius 2 is 1.33 bits per heavy atom. The Hall–Kier alpha value is -1.80. The molecular weight excluding hydrogens is 329 g/mol. The van der Waals surface area contributed by atoms with Gasteiger partial charge in [0.25, 0.3) is 0 Å². The highest BCUT2D eigenvalue weighted by Crippen LogP contribution is 2.44. The van der Waals surface area contributed by atoms with E-state index in [9.17, 15) is 27.6 Å². The van der Waals surface area contributed by atoms with E-state index in [2.05, 4.69) is 15.6 Å². The Kier molecular flexibility index (Phi) is 5.71. The molecule has 0 bridgehead atoms. The van der Waals surface area contributed by atoms with Gasteiger partial charge >= 0.3 is 12.1 Å². The van der Waals surface area contributed by atoms with E-state index in [1.807, 2.05) is 0 Å². The summed E-state index contributed by atoms with van der Waals surface area (Å²) in [6, 6.07) is 0. The van der Waals surface area contributed by atoms with E-state index in [0.29, 0.717) is 25.7 Å². The minimum Gasteiger partial charge on any atom is -0.469 e. The van der Waals surface area contributed by atoms with Crippen LogP contribution in [0.15, 0.2) is 0 Å². The number of nitrogens with one attached hydrogen (secondary N) is 2. The molecule has 0 spiro atoms. The van der Waals surface area contributed by atoms with Crippen molar-refractivity contribution in [3.63, 3.8) is 0 Å². The molecule has 0 aromatic rings. The van der Waals surface area contributed by atoms with Gasteiger partial charge in [0.15, 0.2) is 0 Å². The number of amides is 2. The second-order valence-electron chi connectivity index (χ2n) is 6.46. The average Bonchev–Trinajstić information content (AvgIpc) is 2.49. The molecule has 0 atom stereocenters. The zero-order valence-corrected chi connectivity index (χ0v) is 13.3. The van der Waals surface area contributed by atoms with E-state index in [1.54, 1.807) is 0 Å². The SMILES string of the molecule is COC(=O)C1CCC(C(=O)NNC(=O)C2CC(C(F)(F)F)C2)CC1. The van der Waals surface area contributed by atoms with Crippen LogP contribution in [0.4, 0.5) is 13.2 Å². The van der Waals surface area contributed by atoms with E-state index >= 15 is 0 Å². The summed E-state index contributed by atoms with van der Waals surface area (Å²) in [4.78, 5) is 35.1. The molecule has 2 rings (SSSR count). The average molecular weight is 350 g/mol. The van der Waals surface area contributed by atoms with Crippen molar-refractivity contribution in [3.05, 3.63) is 0 Å². The molecule has 0 aromatic heterocycles. The summed E-state index contributed by atoms with van der Waals surface area (Å²) >= 11 is 0. The zero-order valence-electron chi connectivity index (χ0n) is 13.3. The summed E-state index contributed by atoms with van der Waals surface area (Å²) in [5, 5.41) is 0. The summed E-state index contributed by atoms with van der Waals surface area (Å²) in [5.41, 5.74) is 4.48. The number of methoxy groups -OCH3 is 1. The molecule has 2 saturated carbocycles. The number of rotatable bonds is 3. The van der Waals surface area contributed by atoms with Gasteiger partial charge in [0.1, 0.15) is 0 Å². The standard InChI is InChI=1S/C15H21F3N2O4/c1-24-14(23)9-4-2-8(3-5-9)12(21)19-20-13(22)10-6-11(7-10)15(16,17)18/h8-11H,2-7H2,1H3,(H,19,21)(H,20,22). The van der Waals surface area contributed by atoms with Crippen LogP contribution in [0.3, 0.4) is 0 Å². The third kappa shape index (κ3) is 4.39. The maximum Gasteiger partial charge on any atom is 0.391 e. The van der Waals surface area contributed by atoms with Gasteiger partial charge in [0.05, 0.1) is 18.9 Å². The monoisotopic (exact) mass is 350 g/mol. The smallest absolute Gasteiger partial charge is 0.391 e. The van der Waals surface area contributed by atoms with E-state index in [-0.39, 0.29) is 36.6 Å². The number of carbonyl (C=O) groups is 3. The molecule has 0 aromatic carbocycles. The van der Waals surface area contributed by atoms with Gasteiger partial charge in [-0.3, -0.25) is 25.2 Å². The minimum atomic E-state index is -4.27. The van der Waals surface area contributed by atoms with Crippen LogP contribution in [0.1, 0.15) is 38.5 Å². The summed E-state index contributed by atoms with van der Waals surface area (Å²) in [6.45, 7) is 0. The van der Waals surface area contributed by atoms with Crippen LogP contribution < -0.4 is 10.9 Å². The van der Waals surface area contributed by atoms with Gasteiger partial charge < -0.3 is 4.74 Å². The number of halogens is 3. The number of ether oxygens (including phenoxy) is 1. The van der Waals surface area contributed by atoms with E-state index < -0.39 is 23.9 Å². The van der Waals surface area contributed by atoms with Crippen molar-refractivity contribution >= 4 is 17.8 Å². The largest absolute Gasteiger partial charge is 0.469 e. The van der Waals surface area contributed by atoms with Crippen LogP contribution in [0, 0.1) is 23.7 Å². The molecular formula is C15H21F3N2O4. The topological polar surface area (TPSA) is 84.5 Å². The van der Waals surface area contributed by atoms with Crippen LogP contribution in [0.2, 0.25) is 0 Å². The zero-order chi connectivity index (χ0) is 17.9. The highest BCUT2D eigenvalue weighted by atomic mass is 19.4. The summed E-state index contributed by atoms with van der Waals surface area (Å²) < 4.78 is 41.8.